The molecule has 1 heterocycles. The SMILES string of the molecule is Fc1cccc(Cl)c1C1=NN(c2ccc(Br)cc2)SN1. The highest BCUT2D eigenvalue weighted by Gasteiger charge is 2.22. The second kappa shape index (κ2) is 5.63. The molecular formula is C13H8BrClFN3S. The van der Waals surface area contributed by atoms with Gasteiger partial charge in [0.05, 0.1) is 28.4 Å². The van der Waals surface area contributed by atoms with Crippen LogP contribution in [0.15, 0.2) is 52.0 Å². The molecule has 0 radical (unpaired) electrons. The van der Waals surface area contributed by atoms with Gasteiger partial charge in [0.2, 0.25) is 0 Å². The fourth-order valence-electron chi connectivity index (χ4n) is 1.72. The Kier molecular flexibility index (Phi) is 3.87. The van der Waals surface area contributed by atoms with Crippen molar-refractivity contribution in [2.24, 2.45) is 5.10 Å². The minimum absolute atomic E-state index is 0.279. The lowest BCUT2D eigenvalue weighted by molar-refractivity contribution is 0.625. The first-order valence-electron chi connectivity index (χ1n) is 5.67. The molecule has 20 heavy (non-hydrogen) atoms. The quantitative estimate of drug-likeness (QED) is 0.782. The Morgan fingerprint density at radius 1 is 1.20 bits per heavy atom. The van der Waals surface area contributed by atoms with Crippen LogP contribution in [0.1, 0.15) is 5.56 Å². The predicted molar refractivity (Wildman–Crippen MR) is 85.3 cm³/mol. The van der Waals surface area contributed by atoms with Gasteiger partial charge in [-0.05, 0) is 36.4 Å². The minimum atomic E-state index is -0.401. The molecule has 3 rings (SSSR count). The summed E-state index contributed by atoms with van der Waals surface area (Å²) in [4.78, 5) is 0. The van der Waals surface area contributed by atoms with E-state index in [1.165, 1.54) is 18.2 Å². The van der Waals surface area contributed by atoms with Gasteiger partial charge in [-0.3, -0.25) is 4.72 Å². The molecule has 1 aliphatic rings. The van der Waals surface area contributed by atoms with Crippen molar-refractivity contribution in [3.8, 4) is 0 Å². The Bertz CT molecular complexity index is 658. The standard InChI is InChI=1S/C13H8BrClFN3S/c14-8-4-6-9(7-5-8)19-17-13(18-20-19)12-10(15)2-1-3-11(12)16/h1-7H,(H,17,18). The summed E-state index contributed by atoms with van der Waals surface area (Å²) in [7, 11) is 0. The van der Waals surface area contributed by atoms with E-state index in [0.29, 0.717) is 10.9 Å². The van der Waals surface area contributed by atoms with Gasteiger partial charge in [0.1, 0.15) is 5.82 Å². The van der Waals surface area contributed by atoms with E-state index in [-0.39, 0.29) is 5.56 Å². The lowest BCUT2D eigenvalue weighted by atomic mass is 10.2. The van der Waals surface area contributed by atoms with Gasteiger partial charge < -0.3 is 0 Å². The number of benzene rings is 2. The number of nitrogens with zero attached hydrogens (tertiary/aromatic N) is 2. The summed E-state index contributed by atoms with van der Waals surface area (Å²) in [6, 6.07) is 12.2. The highest BCUT2D eigenvalue weighted by Crippen LogP contribution is 2.29. The van der Waals surface area contributed by atoms with Crippen LogP contribution >= 0.6 is 39.7 Å². The highest BCUT2D eigenvalue weighted by atomic mass is 79.9. The smallest absolute Gasteiger partial charge is 0.170 e. The third-order valence-electron chi connectivity index (χ3n) is 2.67. The Labute approximate surface area is 133 Å². The van der Waals surface area contributed by atoms with E-state index in [1.807, 2.05) is 24.3 Å². The molecule has 0 saturated heterocycles. The van der Waals surface area contributed by atoms with E-state index >= 15 is 0 Å². The van der Waals surface area contributed by atoms with Crippen LogP contribution in [-0.4, -0.2) is 5.84 Å². The van der Waals surface area contributed by atoms with Crippen molar-refractivity contribution in [1.82, 2.24) is 4.72 Å². The maximum absolute atomic E-state index is 13.8. The van der Waals surface area contributed by atoms with Crippen molar-refractivity contribution in [2.45, 2.75) is 0 Å². The minimum Gasteiger partial charge on any atom is -0.293 e. The van der Waals surface area contributed by atoms with Crippen LogP contribution < -0.4 is 9.14 Å². The van der Waals surface area contributed by atoms with E-state index in [0.717, 1.165) is 10.2 Å². The number of hydrazone groups is 1. The number of anilines is 1. The first kappa shape index (κ1) is 13.7. The zero-order chi connectivity index (χ0) is 14.1. The average molecular weight is 373 g/mol. The molecule has 7 heteroatoms. The zero-order valence-electron chi connectivity index (χ0n) is 9.98. The summed E-state index contributed by atoms with van der Waals surface area (Å²) in [5, 5.41) is 4.67. The number of rotatable bonds is 2. The lowest BCUT2D eigenvalue weighted by Gasteiger charge is -2.09. The van der Waals surface area contributed by atoms with Crippen LogP contribution in [0, 0.1) is 5.82 Å². The summed E-state index contributed by atoms with van der Waals surface area (Å²) in [6.45, 7) is 0. The summed E-state index contributed by atoms with van der Waals surface area (Å²) < 4.78 is 19.5. The van der Waals surface area contributed by atoms with Crippen molar-refractivity contribution >= 4 is 51.2 Å². The summed E-state index contributed by atoms with van der Waals surface area (Å²) in [5.41, 5.74) is 1.16. The van der Waals surface area contributed by atoms with Gasteiger partial charge in [0.25, 0.3) is 0 Å². The molecule has 0 unspecified atom stereocenters. The molecule has 2 aromatic rings. The van der Waals surface area contributed by atoms with E-state index in [1.54, 1.807) is 16.5 Å². The van der Waals surface area contributed by atoms with Gasteiger partial charge in [-0.2, -0.15) is 4.41 Å². The Hall–Kier alpha value is -1.24. The number of nitrogens with one attached hydrogen (secondary N) is 1. The van der Waals surface area contributed by atoms with Crippen molar-refractivity contribution in [3.63, 3.8) is 0 Å². The molecule has 0 bridgehead atoms. The predicted octanol–water partition coefficient (Wildman–Crippen LogP) is 4.58. The largest absolute Gasteiger partial charge is 0.293 e. The third-order valence-corrected chi connectivity index (χ3v) is 4.26. The number of amidine groups is 1. The van der Waals surface area contributed by atoms with E-state index in [4.69, 9.17) is 11.6 Å². The monoisotopic (exact) mass is 371 g/mol. The normalized spacial score (nSPS) is 14.2. The Morgan fingerprint density at radius 2 is 1.95 bits per heavy atom. The van der Waals surface area contributed by atoms with Crippen molar-refractivity contribution in [1.29, 1.82) is 0 Å². The first-order valence-corrected chi connectivity index (χ1v) is 7.61. The topological polar surface area (TPSA) is 27.6 Å². The summed E-state index contributed by atoms with van der Waals surface area (Å²) in [5.74, 6) is 0.00280. The fourth-order valence-corrected chi connectivity index (χ4v) is 2.90. The van der Waals surface area contributed by atoms with E-state index in [2.05, 4.69) is 25.8 Å². The number of hydrogen-bond acceptors (Lipinski definition) is 4. The van der Waals surface area contributed by atoms with Gasteiger partial charge in [0.15, 0.2) is 5.84 Å². The van der Waals surface area contributed by atoms with Crippen molar-refractivity contribution in [2.75, 3.05) is 4.41 Å². The van der Waals surface area contributed by atoms with Crippen molar-refractivity contribution < 1.29 is 4.39 Å². The maximum atomic E-state index is 13.8. The molecule has 2 aromatic carbocycles. The molecule has 0 atom stereocenters. The molecule has 0 spiro atoms. The molecule has 3 nitrogen and oxygen atoms in total. The molecule has 0 aliphatic carbocycles. The Morgan fingerprint density at radius 3 is 2.65 bits per heavy atom. The van der Waals surface area contributed by atoms with E-state index in [9.17, 15) is 4.39 Å². The number of halogens is 3. The van der Waals surface area contributed by atoms with Crippen molar-refractivity contribution in [3.05, 3.63) is 63.3 Å². The molecule has 0 fully saturated rings. The molecule has 0 aromatic heterocycles. The third kappa shape index (κ3) is 2.63. The fraction of sp³-hybridized carbons (Fsp3) is 0. The molecular weight excluding hydrogens is 365 g/mol. The molecule has 0 saturated carbocycles. The molecule has 102 valence electrons. The molecule has 1 N–H and O–H groups in total. The van der Waals surface area contributed by atoms with Gasteiger partial charge >= 0.3 is 0 Å². The van der Waals surface area contributed by atoms with Crippen LogP contribution in [0.3, 0.4) is 0 Å². The number of hydrogen-bond donors (Lipinski definition) is 1. The maximum Gasteiger partial charge on any atom is 0.170 e. The van der Waals surface area contributed by atoms with Crippen LogP contribution in [0.2, 0.25) is 5.02 Å². The van der Waals surface area contributed by atoms with Crippen LogP contribution in [0.25, 0.3) is 0 Å². The van der Waals surface area contributed by atoms with Gasteiger partial charge in [-0.15, -0.1) is 5.10 Å². The van der Waals surface area contributed by atoms with Crippen LogP contribution in [-0.2, 0) is 0 Å². The summed E-state index contributed by atoms with van der Waals surface area (Å²) >= 11 is 10.7. The van der Waals surface area contributed by atoms with Crippen LogP contribution in [0.5, 0.6) is 0 Å². The van der Waals surface area contributed by atoms with Gasteiger partial charge in [-0.25, -0.2) is 4.39 Å². The average Bonchev–Trinajstić information content (AvgIpc) is 2.89. The summed E-state index contributed by atoms with van der Waals surface area (Å²) in [6.07, 6.45) is 0. The Balaban J connectivity index is 1.94. The highest BCUT2D eigenvalue weighted by molar-refractivity contribution is 9.10. The first-order chi connectivity index (χ1) is 9.65. The molecule has 0 amide bonds. The zero-order valence-corrected chi connectivity index (χ0v) is 13.1. The van der Waals surface area contributed by atoms with Crippen LogP contribution in [0.4, 0.5) is 10.1 Å². The van der Waals surface area contributed by atoms with Gasteiger partial charge in [0, 0.05) is 4.47 Å². The lowest BCUT2D eigenvalue weighted by Crippen LogP contribution is -2.14. The van der Waals surface area contributed by atoms with Gasteiger partial charge in [-0.1, -0.05) is 33.6 Å². The van der Waals surface area contributed by atoms with E-state index < -0.39 is 5.82 Å². The molecule has 1 aliphatic heterocycles. The second-order valence-electron chi connectivity index (χ2n) is 3.99. The second-order valence-corrected chi connectivity index (χ2v) is 6.04.